The van der Waals surface area contributed by atoms with Gasteiger partial charge in [-0.2, -0.15) is 5.10 Å². The number of carbonyl (C=O) groups excluding carboxylic acids is 1. The van der Waals surface area contributed by atoms with Gasteiger partial charge in [0.25, 0.3) is 5.91 Å². The molecule has 6 nitrogen and oxygen atoms in total. The van der Waals surface area contributed by atoms with Crippen molar-refractivity contribution in [2.45, 2.75) is 13.5 Å². The summed E-state index contributed by atoms with van der Waals surface area (Å²) in [5.41, 5.74) is 3.45. The second-order valence-corrected chi connectivity index (χ2v) is 6.93. The van der Waals surface area contributed by atoms with Crippen LogP contribution in [0.5, 0.6) is 5.75 Å². The number of pyridine rings is 1. The maximum absolute atomic E-state index is 12.7. The molecular formula is C22H19ClN4O2. The van der Waals surface area contributed by atoms with Crippen LogP contribution in [0, 0.1) is 6.92 Å². The SMILES string of the molecule is COc1cccc(CNC(=O)c2cnc3c(c(C)nn3-c3ccccc3)c2Cl)c1. The molecule has 0 aliphatic carbocycles. The van der Waals surface area contributed by atoms with E-state index in [0.29, 0.717) is 33.9 Å². The molecule has 2 heterocycles. The Balaban J connectivity index is 1.63. The monoisotopic (exact) mass is 406 g/mol. The van der Waals surface area contributed by atoms with Crippen LogP contribution in [-0.4, -0.2) is 27.8 Å². The number of aromatic nitrogens is 3. The third-order valence-corrected chi connectivity index (χ3v) is 5.03. The first-order valence-electron chi connectivity index (χ1n) is 9.09. The maximum Gasteiger partial charge on any atom is 0.254 e. The third-order valence-electron chi connectivity index (χ3n) is 4.64. The molecule has 4 aromatic rings. The number of para-hydroxylation sites is 1. The topological polar surface area (TPSA) is 69.0 Å². The Labute approximate surface area is 173 Å². The van der Waals surface area contributed by atoms with E-state index in [1.807, 2.05) is 61.5 Å². The van der Waals surface area contributed by atoms with Gasteiger partial charge in [-0.1, -0.05) is 41.9 Å². The van der Waals surface area contributed by atoms with E-state index in [4.69, 9.17) is 16.3 Å². The van der Waals surface area contributed by atoms with Crippen molar-refractivity contribution in [3.63, 3.8) is 0 Å². The van der Waals surface area contributed by atoms with Gasteiger partial charge in [-0.3, -0.25) is 4.79 Å². The molecule has 0 bridgehead atoms. The van der Waals surface area contributed by atoms with Crippen LogP contribution in [0.4, 0.5) is 0 Å². The first-order chi connectivity index (χ1) is 14.1. The number of rotatable bonds is 5. The average molecular weight is 407 g/mol. The van der Waals surface area contributed by atoms with Gasteiger partial charge < -0.3 is 10.1 Å². The van der Waals surface area contributed by atoms with E-state index in [-0.39, 0.29) is 5.91 Å². The molecule has 2 aromatic heterocycles. The van der Waals surface area contributed by atoms with Crippen LogP contribution in [0.15, 0.2) is 60.8 Å². The van der Waals surface area contributed by atoms with E-state index in [0.717, 1.165) is 17.0 Å². The summed E-state index contributed by atoms with van der Waals surface area (Å²) in [5.74, 6) is 0.445. The number of amides is 1. The quantitative estimate of drug-likeness (QED) is 0.536. The highest BCUT2D eigenvalue weighted by Gasteiger charge is 2.19. The van der Waals surface area contributed by atoms with E-state index in [1.165, 1.54) is 6.20 Å². The lowest BCUT2D eigenvalue weighted by atomic mass is 10.1. The molecule has 146 valence electrons. The maximum atomic E-state index is 12.7. The third kappa shape index (κ3) is 3.67. The number of aryl methyl sites for hydroxylation is 1. The van der Waals surface area contributed by atoms with Crippen LogP contribution in [0.3, 0.4) is 0 Å². The largest absolute Gasteiger partial charge is 0.497 e. The van der Waals surface area contributed by atoms with Crippen LogP contribution in [0.1, 0.15) is 21.6 Å². The fourth-order valence-electron chi connectivity index (χ4n) is 3.18. The lowest BCUT2D eigenvalue weighted by Gasteiger charge is -2.09. The van der Waals surface area contributed by atoms with Crippen molar-refractivity contribution < 1.29 is 9.53 Å². The molecule has 1 amide bonds. The lowest BCUT2D eigenvalue weighted by molar-refractivity contribution is 0.0951. The second kappa shape index (κ2) is 7.93. The number of benzene rings is 2. The minimum absolute atomic E-state index is 0.293. The number of hydrogen-bond acceptors (Lipinski definition) is 4. The Bertz CT molecular complexity index is 1190. The minimum Gasteiger partial charge on any atom is -0.497 e. The summed E-state index contributed by atoms with van der Waals surface area (Å²) in [6, 6.07) is 17.2. The van der Waals surface area contributed by atoms with Gasteiger partial charge >= 0.3 is 0 Å². The molecule has 0 atom stereocenters. The van der Waals surface area contributed by atoms with Gasteiger partial charge in [0.1, 0.15) is 5.75 Å². The van der Waals surface area contributed by atoms with Crippen LogP contribution in [-0.2, 0) is 6.54 Å². The van der Waals surface area contributed by atoms with Crippen molar-refractivity contribution in [2.24, 2.45) is 0 Å². The molecule has 0 saturated heterocycles. The first kappa shape index (κ1) is 19.0. The van der Waals surface area contributed by atoms with Crippen molar-refractivity contribution in [2.75, 3.05) is 7.11 Å². The fourth-order valence-corrected chi connectivity index (χ4v) is 3.53. The van der Waals surface area contributed by atoms with Gasteiger partial charge in [-0.05, 0) is 36.8 Å². The van der Waals surface area contributed by atoms with Crippen molar-refractivity contribution in [3.8, 4) is 11.4 Å². The number of carbonyl (C=O) groups is 1. The number of halogens is 1. The molecule has 7 heteroatoms. The highest BCUT2D eigenvalue weighted by Crippen LogP contribution is 2.30. The standard InChI is InChI=1S/C22H19ClN4O2/c1-14-19-20(23)18(22(28)25-12-15-7-6-10-17(11-15)29-2)13-24-21(19)27(26-14)16-8-4-3-5-9-16/h3-11,13H,12H2,1-2H3,(H,25,28). The number of ether oxygens (including phenoxy) is 1. The zero-order valence-electron chi connectivity index (χ0n) is 16.0. The van der Waals surface area contributed by atoms with E-state index < -0.39 is 0 Å². The van der Waals surface area contributed by atoms with Gasteiger partial charge in [0.15, 0.2) is 5.65 Å². The Hall–Kier alpha value is -3.38. The minimum atomic E-state index is -0.293. The number of fused-ring (bicyclic) bond motifs is 1. The Morgan fingerprint density at radius 3 is 2.72 bits per heavy atom. The molecule has 0 unspecified atom stereocenters. The molecule has 0 aliphatic heterocycles. The zero-order chi connectivity index (χ0) is 20.4. The number of nitrogens with zero attached hydrogens (tertiary/aromatic N) is 3. The Kier molecular flexibility index (Phi) is 5.18. The number of nitrogens with one attached hydrogen (secondary N) is 1. The highest BCUT2D eigenvalue weighted by atomic mass is 35.5. The summed E-state index contributed by atoms with van der Waals surface area (Å²) in [4.78, 5) is 17.2. The van der Waals surface area contributed by atoms with Crippen LogP contribution in [0.25, 0.3) is 16.7 Å². The van der Waals surface area contributed by atoms with Gasteiger partial charge in [0.2, 0.25) is 0 Å². The van der Waals surface area contributed by atoms with Gasteiger partial charge in [0.05, 0.1) is 34.5 Å². The normalized spacial score (nSPS) is 10.9. The summed E-state index contributed by atoms with van der Waals surface area (Å²) in [6.07, 6.45) is 1.49. The van der Waals surface area contributed by atoms with Crippen molar-refractivity contribution in [1.82, 2.24) is 20.1 Å². The smallest absolute Gasteiger partial charge is 0.254 e. The molecule has 0 spiro atoms. The van der Waals surface area contributed by atoms with Crippen molar-refractivity contribution in [3.05, 3.63) is 82.6 Å². The van der Waals surface area contributed by atoms with Crippen LogP contribution < -0.4 is 10.1 Å². The summed E-state index contributed by atoms with van der Waals surface area (Å²) < 4.78 is 6.94. The first-order valence-corrected chi connectivity index (χ1v) is 9.46. The van der Waals surface area contributed by atoms with E-state index in [9.17, 15) is 4.79 Å². The second-order valence-electron chi connectivity index (χ2n) is 6.55. The molecule has 0 saturated carbocycles. The summed E-state index contributed by atoms with van der Waals surface area (Å²) in [5, 5.41) is 8.46. The Morgan fingerprint density at radius 2 is 1.97 bits per heavy atom. The molecule has 0 aliphatic rings. The van der Waals surface area contributed by atoms with Gasteiger partial charge in [0, 0.05) is 12.7 Å². The molecule has 29 heavy (non-hydrogen) atoms. The fraction of sp³-hybridized carbons (Fsp3) is 0.136. The van der Waals surface area contributed by atoms with E-state index >= 15 is 0 Å². The highest BCUT2D eigenvalue weighted by molar-refractivity contribution is 6.38. The van der Waals surface area contributed by atoms with Gasteiger partial charge in [-0.15, -0.1) is 0 Å². The van der Waals surface area contributed by atoms with Crippen LogP contribution in [0.2, 0.25) is 5.02 Å². The Morgan fingerprint density at radius 1 is 1.17 bits per heavy atom. The van der Waals surface area contributed by atoms with E-state index in [1.54, 1.807) is 11.8 Å². The lowest BCUT2D eigenvalue weighted by Crippen LogP contribution is -2.23. The summed E-state index contributed by atoms with van der Waals surface area (Å²) in [6.45, 7) is 2.21. The molecule has 1 N–H and O–H groups in total. The van der Waals surface area contributed by atoms with Gasteiger partial charge in [-0.25, -0.2) is 9.67 Å². The molecule has 0 fully saturated rings. The van der Waals surface area contributed by atoms with E-state index in [2.05, 4.69) is 15.4 Å². The molecule has 2 aromatic carbocycles. The molecule has 4 rings (SSSR count). The number of methoxy groups -OCH3 is 1. The summed E-state index contributed by atoms with van der Waals surface area (Å²) >= 11 is 6.60. The summed E-state index contributed by atoms with van der Waals surface area (Å²) in [7, 11) is 1.61. The molecule has 0 radical (unpaired) electrons. The van der Waals surface area contributed by atoms with Crippen LogP contribution >= 0.6 is 11.6 Å². The van der Waals surface area contributed by atoms with Crippen molar-refractivity contribution in [1.29, 1.82) is 0 Å². The predicted molar refractivity (Wildman–Crippen MR) is 113 cm³/mol. The van der Waals surface area contributed by atoms with Crippen molar-refractivity contribution >= 4 is 28.5 Å². The number of hydrogen-bond donors (Lipinski definition) is 1. The zero-order valence-corrected chi connectivity index (χ0v) is 16.8. The molecular weight excluding hydrogens is 388 g/mol. The predicted octanol–water partition coefficient (Wildman–Crippen LogP) is 4.32. The average Bonchev–Trinajstić information content (AvgIpc) is 3.10.